The van der Waals surface area contributed by atoms with Crippen molar-refractivity contribution in [1.82, 2.24) is 0 Å². The van der Waals surface area contributed by atoms with Gasteiger partial charge in [0.05, 0.1) is 23.0 Å². The lowest BCUT2D eigenvalue weighted by atomic mass is 10.2. The monoisotopic (exact) mass is 232 g/mol. The zero-order valence-electron chi connectivity index (χ0n) is 8.50. The molecule has 5 heteroatoms. The van der Waals surface area contributed by atoms with Crippen LogP contribution in [0.25, 0.3) is 0 Å². The number of nitrogen functional groups attached to an aromatic ring is 1. The molecule has 0 saturated carbocycles. The Morgan fingerprint density at radius 1 is 1.53 bits per heavy atom. The topological polar surface area (TPSA) is 49.5 Å². The molecular formula is C10H14ClFN2O. The minimum atomic E-state index is -0.530. The molecule has 3 nitrogen and oxygen atoms in total. The fourth-order valence-corrected chi connectivity index (χ4v) is 1.55. The summed E-state index contributed by atoms with van der Waals surface area (Å²) in [5.41, 5.74) is 6.65. The summed E-state index contributed by atoms with van der Waals surface area (Å²) in [6.45, 7) is 3.06. The number of likely N-dealkylation sites (N-methyl/N-ethyl adjacent to an activating group) is 1. The van der Waals surface area contributed by atoms with Gasteiger partial charge in [0, 0.05) is 19.2 Å². The van der Waals surface area contributed by atoms with Crippen molar-refractivity contribution in [1.29, 1.82) is 0 Å². The van der Waals surface area contributed by atoms with Crippen molar-refractivity contribution in [3.05, 3.63) is 23.0 Å². The Hall–Kier alpha value is -1.00. The van der Waals surface area contributed by atoms with E-state index in [9.17, 15) is 4.39 Å². The van der Waals surface area contributed by atoms with Crippen molar-refractivity contribution in [3.63, 3.8) is 0 Å². The van der Waals surface area contributed by atoms with Gasteiger partial charge in [0.1, 0.15) is 5.82 Å². The number of aliphatic hydroxyl groups is 1. The van der Waals surface area contributed by atoms with E-state index in [1.807, 2.05) is 11.8 Å². The van der Waals surface area contributed by atoms with Crippen molar-refractivity contribution in [2.75, 3.05) is 30.3 Å². The Balaban J connectivity index is 3.06. The number of aliphatic hydroxyl groups excluding tert-OH is 1. The van der Waals surface area contributed by atoms with Gasteiger partial charge in [-0.2, -0.15) is 0 Å². The van der Waals surface area contributed by atoms with Crippen LogP contribution in [0.15, 0.2) is 12.1 Å². The van der Waals surface area contributed by atoms with Gasteiger partial charge in [-0.3, -0.25) is 0 Å². The summed E-state index contributed by atoms with van der Waals surface area (Å²) in [5, 5.41) is 8.89. The van der Waals surface area contributed by atoms with E-state index in [2.05, 4.69) is 0 Å². The maximum absolute atomic E-state index is 13.0. The summed E-state index contributed by atoms with van der Waals surface area (Å²) < 4.78 is 13.0. The second-order valence-electron chi connectivity index (χ2n) is 3.13. The summed E-state index contributed by atoms with van der Waals surface area (Å²) in [7, 11) is 0. The molecule has 0 fully saturated rings. The summed E-state index contributed by atoms with van der Waals surface area (Å²) >= 11 is 5.67. The highest BCUT2D eigenvalue weighted by molar-refractivity contribution is 6.31. The quantitative estimate of drug-likeness (QED) is 0.780. The Morgan fingerprint density at radius 3 is 2.73 bits per heavy atom. The lowest BCUT2D eigenvalue weighted by molar-refractivity contribution is 0.302. The maximum atomic E-state index is 13.0. The average molecular weight is 233 g/mol. The van der Waals surface area contributed by atoms with Crippen molar-refractivity contribution in [3.8, 4) is 0 Å². The number of nitrogens with zero attached hydrogens (tertiary/aromatic N) is 1. The minimum absolute atomic E-state index is 0.0161. The van der Waals surface area contributed by atoms with Gasteiger partial charge in [-0.05, 0) is 13.0 Å². The first-order valence-corrected chi connectivity index (χ1v) is 5.08. The van der Waals surface area contributed by atoms with Gasteiger partial charge >= 0.3 is 0 Å². The SMILES string of the molecule is CCN(CCO)c1cc(Cl)c(F)cc1N. The summed E-state index contributed by atoms with van der Waals surface area (Å²) in [5.74, 6) is -0.530. The molecule has 0 aliphatic heterocycles. The van der Waals surface area contributed by atoms with E-state index in [1.54, 1.807) is 0 Å². The minimum Gasteiger partial charge on any atom is -0.397 e. The average Bonchev–Trinajstić information content (AvgIpc) is 2.20. The van der Waals surface area contributed by atoms with E-state index in [0.717, 1.165) is 0 Å². The molecule has 0 amide bonds. The predicted molar refractivity (Wildman–Crippen MR) is 60.8 cm³/mol. The number of rotatable bonds is 4. The Morgan fingerprint density at radius 2 is 2.20 bits per heavy atom. The van der Waals surface area contributed by atoms with Crippen LogP contribution in [0.2, 0.25) is 5.02 Å². The molecule has 0 atom stereocenters. The number of anilines is 2. The number of halogens is 2. The normalized spacial score (nSPS) is 10.4. The smallest absolute Gasteiger partial charge is 0.143 e. The highest BCUT2D eigenvalue weighted by Crippen LogP contribution is 2.29. The zero-order valence-corrected chi connectivity index (χ0v) is 9.26. The van der Waals surface area contributed by atoms with E-state index in [4.69, 9.17) is 22.4 Å². The number of hydrogen-bond acceptors (Lipinski definition) is 3. The fraction of sp³-hybridized carbons (Fsp3) is 0.400. The van der Waals surface area contributed by atoms with Crippen LogP contribution in [0.3, 0.4) is 0 Å². The molecule has 0 aliphatic rings. The van der Waals surface area contributed by atoms with Gasteiger partial charge in [0.25, 0.3) is 0 Å². The first kappa shape index (κ1) is 12.1. The van der Waals surface area contributed by atoms with Gasteiger partial charge in [0.15, 0.2) is 0 Å². The van der Waals surface area contributed by atoms with Crippen LogP contribution in [-0.2, 0) is 0 Å². The van der Waals surface area contributed by atoms with Crippen LogP contribution in [-0.4, -0.2) is 24.8 Å². The maximum Gasteiger partial charge on any atom is 0.143 e. The van der Waals surface area contributed by atoms with Crippen LogP contribution >= 0.6 is 11.6 Å². The molecule has 1 aromatic rings. The molecule has 0 spiro atoms. The van der Waals surface area contributed by atoms with E-state index in [0.29, 0.717) is 24.5 Å². The Bertz CT molecular complexity index is 346. The van der Waals surface area contributed by atoms with Crippen molar-refractivity contribution in [2.24, 2.45) is 0 Å². The molecule has 0 bridgehead atoms. The van der Waals surface area contributed by atoms with E-state index in [1.165, 1.54) is 12.1 Å². The van der Waals surface area contributed by atoms with Crippen molar-refractivity contribution < 1.29 is 9.50 Å². The van der Waals surface area contributed by atoms with E-state index >= 15 is 0 Å². The van der Waals surface area contributed by atoms with Gasteiger partial charge in [-0.25, -0.2) is 4.39 Å². The number of nitrogens with two attached hydrogens (primary N) is 1. The second-order valence-corrected chi connectivity index (χ2v) is 3.54. The summed E-state index contributed by atoms with van der Waals surface area (Å²) in [4.78, 5) is 1.83. The first-order chi connectivity index (χ1) is 7.10. The molecule has 84 valence electrons. The molecule has 1 rings (SSSR count). The lowest BCUT2D eigenvalue weighted by Crippen LogP contribution is -2.27. The summed E-state index contributed by atoms with van der Waals surface area (Å²) in [6.07, 6.45) is 0. The molecule has 0 saturated heterocycles. The first-order valence-electron chi connectivity index (χ1n) is 4.70. The van der Waals surface area contributed by atoms with Crippen LogP contribution in [0.1, 0.15) is 6.92 Å². The van der Waals surface area contributed by atoms with E-state index in [-0.39, 0.29) is 11.6 Å². The van der Waals surface area contributed by atoms with Gasteiger partial charge < -0.3 is 15.7 Å². The Kier molecular flexibility index (Phi) is 4.17. The summed E-state index contributed by atoms with van der Waals surface area (Å²) in [6, 6.07) is 2.67. The zero-order chi connectivity index (χ0) is 11.4. The molecular weight excluding hydrogens is 219 g/mol. The fourth-order valence-electron chi connectivity index (χ4n) is 1.40. The highest BCUT2D eigenvalue weighted by Gasteiger charge is 2.11. The second kappa shape index (κ2) is 5.19. The van der Waals surface area contributed by atoms with Crippen LogP contribution in [0, 0.1) is 5.82 Å². The molecule has 0 radical (unpaired) electrons. The molecule has 1 aromatic carbocycles. The third-order valence-electron chi connectivity index (χ3n) is 2.16. The molecule has 0 unspecified atom stereocenters. The van der Waals surface area contributed by atoms with Crippen molar-refractivity contribution in [2.45, 2.75) is 6.92 Å². The lowest BCUT2D eigenvalue weighted by Gasteiger charge is -2.23. The van der Waals surface area contributed by atoms with Crippen LogP contribution in [0.4, 0.5) is 15.8 Å². The Labute approximate surface area is 93.3 Å². The van der Waals surface area contributed by atoms with Gasteiger partial charge in [0.2, 0.25) is 0 Å². The molecule has 3 N–H and O–H groups in total. The number of hydrogen-bond donors (Lipinski definition) is 2. The largest absolute Gasteiger partial charge is 0.397 e. The van der Waals surface area contributed by atoms with Gasteiger partial charge in [-0.15, -0.1) is 0 Å². The highest BCUT2D eigenvalue weighted by atomic mass is 35.5. The van der Waals surface area contributed by atoms with Crippen molar-refractivity contribution >= 4 is 23.0 Å². The third-order valence-corrected chi connectivity index (χ3v) is 2.45. The third kappa shape index (κ3) is 2.73. The number of benzene rings is 1. The standard InChI is InChI=1S/C10H14ClFN2O/c1-2-14(3-4-15)10-5-7(11)8(12)6-9(10)13/h5-6,15H,2-4,13H2,1H3. The molecule has 0 aliphatic carbocycles. The predicted octanol–water partition coefficient (Wildman–Crippen LogP) is 1.88. The van der Waals surface area contributed by atoms with Crippen LogP contribution < -0.4 is 10.6 Å². The molecule has 0 heterocycles. The molecule has 0 aromatic heterocycles. The molecule has 15 heavy (non-hydrogen) atoms. The van der Waals surface area contributed by atoms with Crippen LogP contribution in [0.5, 0.6) is 0 Å². The van der Waals surface area contributed by atoms with E-state index < -0.39 is 5.82 Å². The van der Waals surface area contributed by atoms with Gasteiger partial charge in [-0.1, -0.05) is 11.6 Å².